The molecule has 1 heterocycles. The molecule has 62 heavy (non-hydrogen) atoms. The predicted octanol–water partition coefficient (Wildman–Crippen LogP) is 18.1. The number of fused-ring (bicyclic) bond motifs is 6. The predicted molar refractivity (Wildman–Crippen MR) is 277 cm³/mol. The van der Waals surface area contributed by atoms with E-state index >= 15 is 0 Å². The average molecular weight is 837 g/mol. The summed E-state index contributed by atoms with van der Waals surface area (Å²) in [5.41, 5.74) is 17.2. The van der Waals surface area contributed by atoms with E-state index < -0.39 is 8.07 Å². The zero-order valence-corrected chi connectivity index (χ0v) is 40.2. The Morgan fingerprint density at radius 3 is 1.11 bits per heavy atom. The highest BCUT2D eigenvalue weighted by atomic mass is 28.3. The van der Waals surface area contributed by atoms with Crippen LogP contribution in [-0.2, 0) is 0 Å². The lowest BCUT2D eigenvalue weighted by atomic mass is 9.88. The van der Waals surface area contributed by atoms with Gasteiger partial charge in [0.2, 0.25) is 0 Å². The van der Waals surface area contributed by atoms with Gasteiger partial charge in [-0.2, -0.15) is 0 Å². The van der Waals surface area contributed by atoms with Crippen LogP contribution < -0.4 is 10.4 Å². The monoisotopic (exact) mass is 837 g/mol. The molecule has 2 aliphatic rings. The Bertz CT molecular complexity index is 2280. The zero-order valence-electron chi connectivity index (χ0n) is 39.2. The maximum Gasteiger partial charge on any atom is 0.119 e. The molecule has 0 spiro atoms. The van der Waals surface area contributed by atoms with Crippen LogP contribution in [0.3, 0.4) is 0 Å². The van der Waals surface area contributed by atoms with Crippen molar-refractivity contribution in [3.05, 3.63) is 145 Å². The second kappa shape index (κ2) is 22.8. The van der Waals surface area contributed by atoms with Gasteiger partial charge in [-0.1, -0.05) is 259 Å². The molecule has 1 unspecified atom stereocenters. The molecule has 8 rings (SSSR count). The maximum atomic E-state index is 2.71. The fourth-order valence-electron chi connectivity index (χ4n) is 10.8. The van der Waals surface area contributed by atoms with Crippen LogP contribution in [-0.4, -0.2) is 8.07 Å². The van der Waals surface area contributed by atoms with Crippen LogP contribution in [0.2, 0.25) is 12.1 Å². The average Bonchev–Trinajstić information content (AvgIpc) is 3.78. The molecule has 6 aromatic rings. The Labute approximate surface area is 378 Å². The van der Waals surface area contributed by atoms with E-state index in [-0.39, 0.29) is 0 Å². The van der Waals surface area contributed by atoms with Gasteiger partial charge in [-0.05, 0) is 108 Å². The lowest BCUT2D eigenvalue weighted by molar-refractivity contribution is 0.601. The molecule has 0 N–H and O–H groups in total. The van der Waals surface area contributed by atoms with Gasteiger partial charge in [0.15, 0.2) is 0 Å². The molecule has 1 heteroatoms. The molecule has 1 aliphatic carbocycles. The minimum Gasteiger partial charge on any atom is -0.0654 e. The summed E-state index contributed by atoms with van der Waals surface area (Å²) in [4.78, 5) is 0. The van der Waals surface area contributed by atoms with Crippen LogP contribution in [0.25, 0.3) is 55.6 Å². The highest BCUT2D eigenvalue weighted by molar-refractivity contribution is 7.05. The van der Waals surface area contributed by atoms with Crippen molar-refractivity contribution < 1.29 is 0 Å². The molecule has 1 atom stereocenters. The van der Waals surface area contributed by atoms with Gasteiger partial charge in [0.25, 0.3) is 0 Å². The van der Waals surface area contributed by atoms with Gasteiger partial charge in [0.05, 0.1) is 0 Å². The SMILES string of the molecule is CCCCCC.CCCCCCC1c2cc(-c3ccccc3)ccc2-c2ccc(-c3ccc4c(c3)[Si](CCCCCC)(CCCCCC)c3cc(-c5ccccc5)ccc3-4)cc21. The minimum atomic E-state index is -2.05. The number of hydrogen-bond donors (Lipinski definition) is 0. The molecule has 0 aromatic heterocycles. The highest BCUT2D eigenvalue weighted by Gasteiger charge is 2.45. The first kappa shape index (κ1) is 45.6. The number of hydrogen-bond acceptors (Lipinski definition) is 0. The Morgan fingerprint density at radius 1 is 0.323 bits per heavy atom. The first-order chi connectivity index (χ1) is 30.6. The van der Waals surface area contributed by atoms with Crippen molar-refractivity contribution in [2.24, 2.45) is 0 Å². The summed E-state index contributed by atoms with van der Waals surface area (Å²) in [6, 6.07) is 54.8. The third-order valence-corrected chi connectivity index (χ3v) is 19.6. The molecule has 0 radical (unpaired) electrons. The summed E-state index contributed by atoms with van der Waals surface area (Å²) in [6.45, 7) is 11.5. The molecule has 0 fully saturated rings. The normalized spacial score (nSPS) is 14.1. The van der Waals surface area contributed by atoms with E-state index in [4.69, 9.17) is 0 Å². The summed E-state index contributed by atoms with van der Waals surface area (Å²) in [7, 11) is -2.05. The highest BCUT2D eigenvalue weighted by Crippen LogP contribution is 2.50. The first-order valence-corrected chi connectivity index (χ1v) is 27.7. The maximum absolute atomic E-state index is 2.71. The van der Waals surface area contributed by atoms with E-state index in [1.54, 1.807) is 10.4 Å². The van der Waals surface area contributed by atoms with Crippen LogP contribution in [0, 0.1) is 0 Å². The Hall–Kier alpha value is -4.46. The molecule has 0 saturated carbocycles. The standard InChI is InChI=1S/C55H62Si.C6H14/c1-4-7-10-19-26-47-52-37-43(41-22-15-13-16-23-41)27-31-48(52)49-32-28-44(38-53(47)49)46-30-34-51-50-33-29-45(42-24-17-14-18-25-42)39-54(50)56(55(51)40-46,35-20-11-8-5-2)36-21-12-9-6-3;1-3-5-6-4-2/h13-18,22-25,27-34,37-40,47H,4-12,19-21,26,35-36H2,1-3H3;3-6H2,1-2H3. The molecular formula is C61H76Si. The van der Waals surface area contributed by atoms with E-state index in [9.17, 15) is 0 Å². The molecule has 1 aliphatic heterocycles. The van der Waals surface area contributed by atoms with Crippen molar-refractivity contribution in [2.45, 2.75) is 162 Å². The largest absolute Gasteiger partial charge is 0.119 e. The van der Waals surface area contributed by atoms with Gasteiger partial charge in [-0.15, -0.1) is 0 Å². The van der Waals surface area contributed by atoms with Crippen molar-refractivity contribution in [3.63, 3.8) is 0 Å². The Kier molecular flexibility index (Phi) is 16.7. The number of rotatable bonds is 21. The summed E-state index contributed by atoms with van der Waals surface area (Å²) in [6.07, 6.45) is 22.6. The van der Waals surface area contributed by atoms with Crippen LogP contribution in [0.1, 0.15) is 161 Å². The van der Waals surface area contributed by atoms with E-state index in [2.05, 4.69) is 168 Å². The third-order valence-electron chi connectivity index (χ3n) is 14.3. The lowest BCUT2D eigenvalue weighted by Gasteiger charge is -2.31. The Balaban J connectivity index is 0.000000900. The summed E-state index contributed by atoms with van der Waals surface area (Å²) in [5, 5.41) is 3.43. The smallest absolute Gasteiger partial charge is 0.0654 e. The lowest BCUT2D eigenvalue weighted by Crippen LogP contribution is -2.55. The molecule has 0 saturated heterocycles. The van der Waals surface area contributed by atoms with E-state index in [0.29, 0.717) is 5.92 Å². The van der Waals surface area contributed by atoms with Crippen LogP contribution in [0.15, 0.2) is 133 Å². The topological polar surface area (TPSA) is 0 Å². The number of unbranched alkanes of at least 4 members (excludes halogenated alkanes) is 12. The van der Waals surface area contributed by atoms with Crippen molar-refractivity contribution in [2.75, 3.05) is 0 Å². The second-order valence-corrected chi connectivity index (χ2v) is 22.9. The second-order valence-electron chi connectivity index (χ2n) is 18.7. The van der Waals surface area contributed by atoms with Crippen molar-refractivity contribution in [3.8, 4) is 55.6 Å². The van der Waals surface area contributed by atoms with Gasteiger partial charge in [0, 0.05) is 5.92 Å². The molecule has 0 amide bonds. The van der Waals surface area contributed by atoms with E-state index in [1.807, 2.05) is 0 Å². The Morgan fingerprint density at radius 2 is 0.677 bits per heavy atom. The van der Waals surface area contributed by atoms with E-state index in [0.717, 1.165) is 0 Å². The quantitative estimate of drug-likeness (QED) is 0.0500. The van der Waals surface area contributed by atoms with Crippen molar-refractivity contribution >= 4 is 18.4 Å². The zero-order chi connectivity index (χ0) is 43.2. The van der Waals surface area contributed by atoms with Crippen LogP contribution in [0.5, 0.6) is 0 Å². The molecular weight excluding hydrogens is 761 g/mol. The number of benzene rings is 6. The van der Waals surface area contributed by atoms with Gasteiger partial charge in [-0.25, -0.2) is 0 Å². The van der Waals surface area contributed by atoms with Gasteiger partial charge in [0.1, 0.15) is 8.07 Å². The summed E-state index contributed by atoms with van der Waals surface area (Å²) < 4.78 is 0. The summed E-state index contributed by atoms with van der Waals surface area (Å²) >= 11 is 0. The van der Waals surface area contributed by atoms with Gasteiger partial charge < -0.3 is 0 Å². The van der Waals surface area contributed by atoms with Gasteiger partial charge in [-0.3, -0.25) is 0 Å². The van der Waals surface area contributed by atoms with Crippen LogP contribution >= 0.6 is 0 Å². The molecule has 6 aromatic carbocycles. The van der Waals surface area contributed by atoms with Crippen LogP contribution in [0.4, 0.5) is 0 Å². The van der Waals surface area contributed by atoms with Crippen molar-refractivity contribution in [1.82, 2.24) is 0 Å². The molecule has 324 valence electrons. The molecule has 0 bridgehead atoms. The fraction of sp³-hybridized carbons (Fsp3) is 0.410. The third kappa shape index (κ3) is 10.3. The van der Waals surface area contributed by atoms with E-state index in [1.165, 1.54) is 188 Å². The van der Waals surface area contributed by atoms with Crippen molar-refractivity contribution in [1.29, 1.82) is 0 Å². The fourth-order valence-corrected chi connectivity index (χ4v) is 16.4. The molecule has 0 nitrogen and oxygen atoms in total. The minimum absolute atomic E-state index is 0.446. The first-order valence-electron chi connectivity index (χ1n) is 25.3. The summed E-state index contributed by atoms with van der Waals surface area (Å²) in [5.74, 6) is 0.446. The van der Waals surface area contributed by atoms with Gasteiger partial charge >= 0.3 is 0 Å².